The van der Waals surface area contributed by atoms with Gasteiger partial charge in [-0.15, -0.1) is 0 Å². The van der Waals surface area contributed by atoms with Crippen LogP contribution in [0.3, 0.4) is 0 Å². The van der Waals surface area contributed by atoms with Crippen molar-refractivity contribution < 1.29 is 43.2 Å². The molecular weight excluding hydrogens is 1010 g/mol. The Bertz CT molecular complexity index is 2600. The van der Waals surface area contributed by atoms with Gasteiger partial charge >= 0.3 is 0 Å². The second-order valence-corrected chi connectivity index (χ2v) is 18.5. The van der Waals surface area contributed by atoms with Crippen molar-refractivity contribution in [1.82, 2.24) is 57.5 Å². The highest BCUT2D eigenvalue weighted by atomic mass is 32.1. The van der Waals surface area contributed by atoms with Gasteiger partial charge in [0.1, 0.15) is 48.3 Å². The second kappa shape index (κ2) is 30.6. The first-order valence-corrected chi connectivity index (χ1v) is 25.6. The molecule has 26 heteroatoms. The minimum Gasteiger partial charge on any atom is -0.370 e. The van der Waals surface area contributed by atoms with Crippen LogP contribution in [0.25, 0.3) is 10.9 Å². The van der Waals surface area contributed by atoms with Gasteiger partial charge in [-0.3, -0.25) is 48.1 Å². The van der Waals surface area contributed by atoms with Crippen molar-refractivity contribution in [3.8, 4) is 0 Å². The topological polar surface area (TPSA) is 385 Å². The van der Waals surface area contributed by atoms with E-state index in [9.17, 15) is 43.2 Å². The summed E-state index contributed by atoms with van der Waals surface area (Å²) in [6, 6.07) is 5.98. The van der Waals surface area contributed by atoms with E-state index in [1.165, 1.54) is 26.4 Å². The summed E-state index contributed by atoms with van der Waals surface area (Å²) in [5.41, 5.74) is 19.1. The Morgan fingerprint density at radius 2 is 1.12 bits per heavy atom. The number of nitrogens with zero attached hydrogens (tertiary/aromatic N) is 2. The average Bonchev–Trinajstić information content (AvgIpc) is 4.06. The van der Waals surface area contributed by atoms with Gasteiger partial charge < -0.3 is 69.7 Å². The van der Waals surface area contributed by atoms with Gasteiger partial charge in [0.25, 0.3) is 0 Å². The lowest BCUT2D eigenvalue weighted by molar-refractivity contribution is -0.135. The number of hydrogen-bond acceptors (Lipinski definition) is 13. The maximum absolute atomic E-state index is 14.6. The van der Waals surface area contributed by atoms with Gasteiger partial charge in [-0.1, -0.05) is 68.3 Å². The number of imidazole rings is 1. The van der Waals surface area contributed by atoms with Gasteiger partial charge in [0.15, 0.2) is 5.96 Å². The van der Waals surface area contributed by atoms with Gasteiger partial charge in [0, 0.05) is 73.2 Å². The van der Waals surface area contributed by atoms with Gasteiger partial charge in [-0.25, -0.2) is 4.98 Å². The highest BCUT2D eigenvalue weighted by Gasteiger charge is 2.34. The van der Waals surface area contributed by atoms with E-state index in [-0.39, 0.29) is 56.1 Å². The molecule has 0 aliphatic heterocycles. The first kappa shape index (κ1) is 59.9. The Morgan fingerprint density at radius 1 is 0.600 bits per heavy atom. The summed E-state index contributed by atoms with van der Waals surface area (Å²) in [5.74, 6) is -7.16. The summed E-state index contributed by atoms with van der Waals surface area (Å²) in [4.78, 5) is 136. The molecule has 0 radical (unpaired) electrons. The number of benzene rings is 2. The summed E-state index contributed by atoms with van der Waals surface area (Å²) in [6.07, 6.45) is 6.01. The number of rotatable bonds is 31. The molecule has 9 amide bonds. The number of aromatic nitrogens is 3. The lowest BCUT2D eigenvalue weighted by Crippen LogP contribution is -2.61. The lowest BCUT2D eigenvalue weighted by atomic mass is 10.0. The average molecular weight is 1080 g/mol. The number of nitrogens with one attached hydrogen (secondary N) is 10. The Balaban J connectivity index is 1.60. The molecule has 4 rings (SSSR count). The number of carbonyl (C=O) groups excluding carboxylic acids is 9. The Labute approximate surface area is 445 Å². The predicted octanol–water partition coefficient (Wildman–Crippen LogP) is -1.57. The Kier molecular flexibility index (Phi) is 24.4. The van der Waals surface area contributed by atoms with Crippen molar-refractivity contribution in [2.75, 3.05) is 18.1 Å². The first-order chi connectivity index (χ1) is 35.8. The van der Waals surface area contributed by atoms with E-state index in [0.717, 1.165) is 17.3 Å². The largest absolute Gasteiger partial charge is 0.370 e. The minimum atomic E-state index is -1.39. The summed E-state index contributed by atoms with van der Waals surface area (Å²) in [7, 11) is 0. The fourth-order valence-electron chi connectivity index (χ4n) is 7.75. The fourth-order valence-corrected chi connectivity index (χ4v) is 8.28. The molecule has 0 unspecified atom stereocenters. The van der Waals surface area contributed by atoms with Crippen LogP contribution in [0.5, 0.6) is 0 Å². The Hall–Kier alpha value is -7.61. The molecule has 0 saturated heterocycles. The number of thiol groups is 2. The molecule has 8 atom stereocenters. The smallest absolute Gasteiger partial charge is 0.244 e. The maximum Gasteiger partial charge on any atom is 0.244 e. The fraction of sp³-hybridized carbons (Fsp3) is 0.449. The summed E-state index contributed by atoms with van der Waals surface area (Å²) in [5, 5.41) is 21.9. The van der Waals surface area contributed by atoms with Crippen LogP contribution in [0.1, 0.15) is 69.7 Å². The molecule has 0 fully saturated rings. The zero-order valence-corrected chi connectivity index (χ0v) is 43.8. The molecule has 4 aromatic rings. The molecule has 0 saturated carbocycles. The quantitative estimate of drug-likeness (QED) is 0.0118. The molecule has 0 aliphatic carbocycles. The number of fused-ring (bicyclic) bond motifs is 1. The molecule has 24 nitrogen and oxygen atoms in total. The van der Waals surface area contributed by atoms with Crippen LogP contribution in [-0.2, 0) is 62.4 Å². The molecule has 16 N–H and O–H groups in total. The van der Waals surface area contributed by atoms with Gasteiger partial charge in [0.05, 0.1) is 6.33 Å². The summed E-state index contributed by atoms with van der Waals surface area (Å²) >= 11 is 8.38. The van der Waals surface area contributed by atoms with Crippen LogP contribution in [-0.4, -0.2) is 140 Å². The monoisotopic (exact) mass is 1080 g/mol. The van der Waals surface area contributed by atoms with E-state index < -0.39 is 101 Å². The Morgan fingerprint density at radius 3 is 1.71 bits per heavy atom. The number of carbonyl (C=O) groups is 9. The molecule has 406 valence electrons. The van der Waals surface area contributed by atoms with Crippen LogP contribution in [0.4, 0.5) is 0 Å². The predicted molar refractivity (Wildman–Crippen MR) is 288 cm³/mol. The third-order valence-corrected chi connectivity index (χ3v) is 12.5. The van der Waals surface area contributed by atoms with Gasteiger partial charge in [-0.2, -0.15) is 25.3 Å². The zero-order valence-electron chi connectivity index (χ0n) is 42.0. The third kappa shape index (κ3) is 19.6. The normalized spacial score (nSPS) is 14.2. The number of guanidine groups is 1. The highest BCUT2D eigenvalue weighted by Crippen LogP contribution is 2.20. The van der Waals surface area contributed by atoms with Crippen molar-refractivity contribution >= 4 is 95.3 Å². The summed E-state index contributed by atoms with van der Waals surface area (Å²) in [6.45, 7) is 4.63. The molecule has 0 aliphatic rings. The molecule has 2 heterocycles. The van der Waals surface area contributed by atoms with Crippen LogP contribution < -0.4 is 59.7 Å². The van der Waals surface area contributed by atoms with Crippen LogP contribution in [0.2, 0.25) is 0 Å². The second-order valence-electron chi connectivity index (χ2n) is 17.7. The van der Waals surface area contributed by atoms with Crippen molar-refractivity contribution in [2.24, 2.45) is 22.2 Å². The first-order valence-electron chi connectivity index (χ1n) is 24.4. The number of H-pyrrole nitrogens is 2. The van der Waals surface area contributed by atoms with Crippen LogP contribution in [0.15, 0.2) is 78.3 Å². The number of hydrogen-bond donors (Lipinski definition) is 15. The third-order valence-electron chi connectivity index (χ3n) is 11.8. The maximum atomic E-state index is 14.6. The van der Waals surface area contributed by atoms with Crippen molar-refractivity contribution in [3.05, 3.63) is 90.1 Å². The zero-order chi connectivity index (χ0) is 55.0. The number of aromatic amines is 2. The molecule has 75 heavy (non-hydrogen) atoms. The van der Waals surface area contributed by atoms with Gasteiger partial charge in [-0.05, 0) is 43.4 Å². The highest BCUT2D eigenvalue weighted by molar-refractivity contribution is 7.80. The van der Waals surface area contributed by atoms with E-state index in [1.807, 2.05) is 31.2 Å². The van der Waals surface area contributed by atoms with Crippen molar-refractivity contribution in [1.29, 1.82) is 0 Å². The van der Waals surface area contributed by atoms with Crippen molar-refractivity contribution in [2.45, 2.75) is 120 Å². The standard InChI is InChI=1S/C49H69N15O9S2/c1-4-5-15-34(58-28(3)65)43(68)64-40(25-75)48(73)57-27(2)42(67)60-38(21-31-23-53-26-56-31)47(72)61-36(19-29-12-7-6-8-13-29)45(70)59-35(17-11-18-54-49(51)52)44(69)62-37(46(71)63-39(24-74)41(50)66)20-30-22-55-33-16-10-9-14-32(30)33/h6-10,12-14,16,22-23,26-27,34-40,55,74-75H,4-5,11,15,17-21,24-25H2,1-3H3,(H2,50,66)(H,53,56)(H,57,73)(H,58,65)(H,59,70)(H,60,67)(H,61,72)(H,62,69)(H,63,71)(H,64,68)(H4,51,52,54)/t27-,34+,35+,36-,37+,38+,39-,40+/m1/s1. The number of aliphatic imine (C=N–C) groups is 1. The van der Waals surface area contributed by atoms with E-state index in [1.54, 1.807) is 36.5 Å². The molecule has 0 bridgehead atoms. The number of nitrogens with two attached hydrogens (primary N) is 3. The van der Waals surface area contributed by atoms with E-state index in [0.29, 0.717) is 29.7 Å². The molecule has 2 aromatic heterocycles. The molecule has 2 aromatic carbocycles. The number of para-hydroxylation sites is 1. The lowest BCUT2D eigenvalue weighted by Gasteiger charge is -2.27. The van der Waals surface area contributed by atoms with E-state index in [4.69, 9.17) is 17.2 Å². The van der Waals surface area contributed by atoms with Crippen molar-refractivity contribution in [3.63, 3.8) is 0 Å². The van der Waals surface area contributed by atoms with Crippen LogP contribution >= 0.6 is 25.3 Å². The SMILES string of the molecule is CCCC[C@H](NC(C)=O)C(=O)N[C@@H](CS)C(=O)N[C@H](C)C(=O)N[C@@H](Cc1cnc[nH]1)C(=O)N[C@H](Cc1ccccc1)C(=O)N[C@@H](CCCN=C(N)N)C(=O)N[C@@H](Cc1c[nH]c2ccccc12)C(=O)N[C@H](CS)C(N)=O. The molecular formula is C49H69N15O9S2. The molecule has 0 spiro atoms. The number of unbranched alkanes of at least 4 members (excludes halogenated alkanes) is 1. The van der Waals surface area contributed by atoms with E-state index in [2.05, 4.69) is 87.7 Å². The number of amides is 9. The minimum absolute atomic E-state index is 0.0570. The summed E-state index contributed by atoms with van der Waals surface area (Å²) < 4.78 is 0. The number of primary amides is 1. The van der Waals surface area contributed by atoms with Crippen LogP contribution in [0, 0.1) is 0 Å². The van der Waals surface area contributed by atoms with E-state index >= 15 is 0 Å². The van der Waals surface area contributed by atoms with Gasteiger partial charge in [0.2, 0.25) is 53.2 Å².